The molecule has 0 saturated carbocycles. The van der Waals surface area contributed by atoms with Gasteiger partial charge in [0.05, 0.1) is 0 Å². The van der Waals surface area contributed by atoms with Gasteiger partial charge in [-0.15, -0.1) is 11.8 Å². The Hall–Kier alpha value is -1.07. The summed E-state index contributed by atoms with van der Waals surface area (Å²) in [4.78, 5) is 11.9. The molecule has 1 amide bonds. The topological polar surface area (TPSA) is 41.1 Å². The molecule has 2 unspecified atom stereocenters. The molecule has 0 bridgehead atoms. The molecule has 3 nitrogen and oxygen atoms in total. The Morgan fingerprint density at radius 1 is 1.37 bits per heavy atom. The number of amides is 1. The molecule has 19 heavy (non-hydrogen) atoms. The van der Waals surface area contributed by atoms with E-state index in [0.717, 1.165) is 29.1 Å². The van der Waals surface area contributed by atoms with Gasteiger partial charge in [0.25, 0.3) is 0 Å². The van der Waals surface area contributed by atoms with Crippen molar-refractivity contribution in [3.8, 4) is 0 Å². The highest BCUT2D eigenvalue weighted by Gasteiger charge is 2.26. The average molecular weight is 280 g/mol. The second-order valence-corrected chi connectivity index (χ2v) is 6.16. The Labute approximate surface area is 116 Å². The Morgan fingerprint density at radius 2 is 2.26 bits per heavy atom. The highest BCUT2D eigenvalue weighted by Crippen LogP contribution is 2.38. The van der Waals surface area contributed by atoms with Crippen molar-refractivity contribution < 1.29 is 9.18 Å². The number of piperidine rings is 1. The van der Waals surface area contributed by atoms with Crippen molar-refractivity contribution in [1.29, 1.82) is 0 Å². The van der Waals surface area contributed by atoms with E-state index in [1.165, 1.54) is 6.07 Å². The van der Waals surface area contributed by atoms with Crippen LogP contribution in [0.4, 0.5) is 4.39 Å². The highest BCUT2D eigenvalue weighted by molar-refractivity contribution is 7.99. The first-order chi connectivity index (χ1) is 9.24. The van der Waals surface area contributed by atoms with Gasteiger partial charge in [0.2, 0.25) is 5.91 Å². The molecule has 1 fully saturated rings. The van der Waals surface area contributed by atoms with Crippen LogP contribution in [0.5, 0.6) is 0 Å². The normalized spacial score (nSPS) is 26.7. The van der Waals surface area contributed by atoms with Crippen molar-refractivity contribution in [2.45, 2.75) is 36.2 Å². The van der Waals surface area contributed by atoms with E-state index in [1.54, 1.807) is 17.8 Å². The fourth-order valence-corrected chi connectivity index (χ4v) is 3.86. The smallest absolute Gasteiger partial charge is 0.220 e. The lowest BCUT2D eigenvalue weighted by Crippen LogP contribution is -2.47. The van der Waals surface area contributed by atoms with Crippen LogP contribution >= 0.6 is 11.8 Å². The Balaban J connectivity index is 1.73. The predicted octanol–water partition coefficient (Wildman–Crippen LogP) is 2.23. The molecule has 0 radical (unpaired) electrons. The summed E-state index contributed by atoms with van der Waals surface area (Å²) in [5.74, 6) is 0.944. The van der Waals surface area contributed by atoms with Gasteiger partial charge in [0.1, 0.15) is 5.82 Å². The zero-order valence-electron chi connectivity index (χ0n) is 10.6. The number of nitrogens with one attached hydrogen (secondary N) is 2. The van der Waals surface area contributed by atoms with Crippen molar-refractivity contribution in [2.75, 3.05) is 12.3 Å². The zero-order valence-corrected chi connectivity index (χ0v) is 11.4. The number of hydrogen-bond acceptors (Lipinski definition) is 3. The minimum Gasteiger partial charge on any atom is -0.355 e. The van der Waals surface area contributed by atoms with Gasteiger partial charge in [-0.25, -0.2) is 4.39 Å². The zero-order chi connectivity index (χ0) is 13.2. The summed E-state index contributed by atoms with van der Waals surface area (Å²) in [5, 5.41) is 6.44. The molecule has 0 spiro atoms. The molecule has 5 heteroatoms. The number of benzene rings is 1. The Morgan fingerprint density at radius 3 is 3.05 bits per heavy atom. The first-order valence-electron chi connectivity index (χ1n) is 6.68. The quantitative estimate of drug-likeness (QED) is 0.873. The van der Waals surface area contributed by atoms with Crippen LogP contribution in [-0.2, 0) is 4.79 Å². The predicted molar refractivity (Wildman–Crippen MR) is 73.6 cm³/mol. The van der Waals surface area contributed by atoms with E-state index < -0.39 is 0 Å². The molecule has 2 N–H and O–H groups in total. The lowest BCUT2D eigenvalue weighted by atomic mass is 10.00. The summed E-state index contributed by atoms with van der Waals surface area (Å²) < 4.78 is 13.8. The third-order valence-corrected chi connectivity index (χ3v) is 4.89. The summed E-state index contributed by atoms with van der Waals surface area (Å²) in [5.41, 5.74) is 1.06. The molecule has 1 saturated heterocycles. The number of hydrogen-bond donors (Lipinski definition) is 2. The molecule has 2 aliphatic heterocycles. The van der Waals surface area contributed by atoms with Crippen molar-refractivity contribution >= 4 is 17.7 Å². The second-order valence-electron chi connectivity index (χ2n) is 5.05. The van der Waals surface area contributed by atoms with E-state index >= 15 is 0 Å². The van der Waals surface area contributed by atoms with Gasteiger partial charge >= 0.3 is 0 Å². The third-order valence-electron chi connectivity index (χ3n) is 3.73. The van der Waals surface area contributed by atoms with Crippen LogP contribution in [0.2, 0.25) is 0 Å². The van der Waals surface area contributed by atoms with Gasteiger partial charge in [-0.3, -0.25) is 4.79 Å². The lowest BCUT2D eigenvalue weighted by Gasteiger charge is -2.32. The van der Waals surface area contributed by atoms with Crippen molar-refractivity contribution in [3.63, 3.8) is 0 Å². The van der Waals surface area contributed by atoms with Crippen LogP contribution in [0.3, 0.4) is 0 Å². The summed E-state index contributed by atoms with van der Waals surface area (Å²) in [6, 6.07) is 5.80. The Bertz CT molecular complexity index is 484. The number of halogens is 1. The maximum atomic E-state index is 13.8. The minimum atomic E-state index is -0.119. The van der Waals surface area contributed by atoms with Crippen molar-refractivity contribution in [2.24, 2.45) is 0 Å². The van der Waals surface area contributed by atoms with Crippen LogP contribution in [-0.4, -0.2) is 24.2 Å². The molecule has 2 aliphatic rings. The maximum Gasteiger partial charge on any atom is 0.220 e. The van der Waals surface area contributed by atoms with E-state index in [4.69, 9.17) is 0 Å². The number of carbonyl (C=O) groups excluding carboxylic acids is 1. The second kappa shape index (κ2) is 5.51. The number of fused-ring (bicyclic) bond motifs is 1. The molecular formula is C14H17FN2OS. The SMILES string of the molecule is O=C1CCC(NC2CCSc3c(F)cccc32)CN1. The highest BCUT2D eigenvalue weighted by atomic mass is 32.2. The maximum absolute atomic E-state index is 13.8. The number of rotatable bonds is 2. The first kappa shape index (κ1) is 12.9. The first-order valence-corrected chi connectivity index (χ1v) is 7.66. The third kappa shape index (κ3) is 2.77. The van der Waals surface area contributed by atoms with Crippen LogP contribution in [0.25, 0.3) is 0 Å². The van der Waals surface area contributed by atoms with Crippen LogP contribution in [0.15, 0.2) is 23.1 Å². The summed E-state index contributed by atoms with van der Waals surface area (Å²) in [6.45, 7) is 0.674. The Kier molecular flexibility index (Phi) is 3.75. The van der Waals surface area contributed by atoms with Gasteiger partial charge in [0.15, 0.2) is 0 Å². The van der Waals surface area contributed by atoms with E-state index in [0.29, 0.717) is 19.0 Å². The van der Waals surface area contributed by atoms with E-state index in [2.05, 4.69) is 10.6 Å². The summed E-state index contributed by atoms with van der Waals surface area (Å²) in [6.07, 6.45) is 2.45. The molecule has 2 atom stereocenters. The molecule has 1 aromatic rings. The lowest BCUT2D eigenvalue weighted by molar-refractivity contribution is -0.122. The van der Waals surface area contributed by atoms with Gasteiger partial charge in [-0.1, -0.05) is 12.1 Å². The number of carbonyl (C=O) groups is 1. The largest absolute Gasteiger partial charge is 0.355 e. The minimum absolute atomic E-state index is 0.119. The van der Waals surface area contributed by atoms with Crippen LogP contribution in [0, 0.1) is 5.82 Å². The fraction of sp³-hybridized carbons (Fsp3) is 0.500. The summed E-state index contributed by atoms with van der Waals surface area (Å²) >= 11 is 1.60. The van der Waals surface area contributed by atoms with Gasteiger partial charge < -0.3 is 10.6 Å². The molecule has 1 aromatic carbocycles. The fourth-order valence-electron chi connectivity index (χ4n) is 2.72. The average Bonchev–Trinajstić information content (AvgIpc) is 2.43. The van der Waals surface area contributed by atoms with Gasteiger partial charge in [-0.05, 0) is 30.2 Å². The van der Waals surface area contributed by atoms with E-state index in [1.807, 2.05) is 6.07 Å². The van der Waals surface area contributed by atoms with E-state index in [9.17, 15) is 9.18 Å². The molecule has 0 aromatic heterocycles. The van der Waals surface area contributed by atoms with Gasteiger partial charge in [0, 0.05) is 29.9 Å². The molecule has 2 heterocycles. The molecule has 102 valence electrons. The monoisotopic (exact) mass is 280 g/mol. The standard InChI is InChI=1S/C14H17FN2OS/c15-11-3-1-2-10-12(6-7-19-14(10)11)17-9-4-5-13(18)16-8-9/h1-3,9,12,17H,4-8H2,(H,16,18). The van der Waals surface area contributed by atoms with Crippen molar-refractivity contribution in [3.05, 3.63) is 29.6 Å². The van der Waals surface area contributed by atoms with Crippen LogP contribution < -0.4 is 10.6 Å². The van der Waals surface area contributed by atoms with Crippen molar-refractivity contribution in [1.82, 2.24) is 10.6 Å². The summed E-state index contributed by atoms with van der Waals surface area (Å²) in [7, 11) is 0. The van der Waals surface area contributed by atoms with Gasteiger partial charge in [-0.2, -0.15) is 0 Å². The van der Waals surface area contributed by atoms with E-state index in [-0.39, 0.29) is 17.8 Å². The molecule has 3 rings (SSSR count). The molecule has 0 aliphatic carbocycles. The molecular weight excluding hydrogens is 263 g/mol. The van der Waals surface area contributed by atoms with Crippen LogP contribution in [0.1, 0.15) is 30.9 Å². The number of thioether (sulfide) groups is 1.